The van der Waals surface area contributed by atoms with E-state index in [9.17, 15) is 19.2 Å². The van der Waals surface area contributed by atoms with Crippen LogP contribution in [0, 0.1) is 5.92 Å². The number of hydrogen-bond donors (Lipinski definition) is 2. The Morgan fingerprint density at radius 3 is 1.94 bits per heavy atom. The van der Waals surface area contributed by atoms with Crippen molar-refractivity contribution in [2.45, 2.75) is 97.3 Å². The number of amides is 3. The Morgan fingerprint density at radius 2 is 1.44 bits per heavy atom. The number of carbonyl (C=O) groups excluding carboxylic acids is 4. The van der Waals surface area contributed by atoms with Gasteiger partial charge in [-0.2, -0.15) is 0 Å². The lowest BCUT2D eigenvalue weighted by Gasteiger charge is -2.40. The van der Waals surface area contributed by atoms with E-state index in [4.69, 9.17) is 14.2 Å². The Kier molecular flexibility index (Phi) is 10.6. The first-order valence-corrected chi connectivity index (χ1v) is 11.9. The molecule has 0 aromatic carbocycles. The van der Waals surface area contributed by atoms with Crippen LogP contribution in [0.4, 0.5) is 9.59 Å². The Balaban J connectivity index is 2.51. The Labute approximate surface area is 203 Å². The van der Waals surface area contributed by atoms with Crippen molar-refractivity contribution in [3.05, 3.63) is 0 Å². The van der Waals surface area contributed by atoms with Gasteiger partial charge in [0.25, 0.3) is 0 Å². The molecule has 10 heteroatoms. The lowest BCUT2D eigenvalue weighted by molar-refractivity contribution is -0.153. The van der Waals surface area contributed by atoms with Crippen molar-refractivity contribution in [3.8, 4) is 0 Å². The molecule has 1 aliphatic heterocycles. The third-order valence-electron chi connectivity index (χ3n) is 5.40. The molecule has 1 fully saturated rings. The Hall–Kier alpha value is -2.52. The SMILES string of the molecule is COC(=O)C1(NC(=O)OC(C)(C)C)CCN(C(=O)[C@H](C)CCCCNC(=O)OC(C)(C)C)CC1. The van der Waals surface area contributed by atoms with Crippen LogP contribution in [-0.2, 0) is 23.8 Å². The fourth-order valence-electron chi connectivity index (χ4n) is 3.70. The van der Waals surface area contributed by atoms with Crippen molar-refractivity contribution in [3.63, 3.8) is 0 Å². The molecule has 0 aliphatic carbocycles. The first kappa shape index (κ1) is 29.5. The fraction of sp³-hybridized carbons (Fsp3) is 0.833. The molecule has 0 unspecified atom stereocenters. The second-order valence-corrected chi connectivity index (χ2v) is 10.9. The highest BCUT2D eigenvalue weighted by atomic mass is 16.6. The van der Waals surface area contributed by atoms with Gasteiger partial charge in [0, 0.05) is 25.6 Å². The highest BCUT2D eigenvalue weighted by Gasteiger charge is 2.45. The van der Waals surface area contributed by atoms with Gasteiger partial charge < -0.3 is 29.7 Å². The zero-order chi connectivity index (χ0) is 26.2. The highest BCUT2D eigenvalue weighted by Crippen LogP contribution is 2.26. The standard InChI is InChI=1S/C24H43N3O7/c1-17(11-9-10-14-25-20(30)33-22(2,3)4)18(28)27-15-12-24(13-16-27,19(29)32-8)26-21(31)34-23(5,6)7/h17H,9-16H2,1-8H3,(H,25,30)(H,26,31)/t17-/m1/s1. The first-order valence-electron chi connectivity index (χ1n) is 11.9. The number of nitrogens with zero attached hydrogens (tertiary/aromatic N) is 1. The molecule has 196 valence electrons. The second kappa shape index (κ2) is 12.3. The summed E-state index contributed by atoms with van der Waals surface area (Å²) in [5.74, 6) is -0.724. The largest absolute Gasteiger partial charge is 0.467 e. The molecule has 1 atom stereocenters. The van der Waals surface area contributed by atoms with Crippen LogP contribution in [0.25, 0.3) is 0 Å². The minimum atomic E-state index is -1.22. The van der Waals surface area contributed by atoms with Crippen molar-refractivity contribution in [2.24, 2.45) is 5.92 Å². The molecule has 1 saturated heterocycles. The van der Waals surface area contributed by atoms with Gasteiger partial charge >= 0.3 is 18.2 Å². The normalized spacial score (nSPS) is 16.8. The molecule has 1 aliphatic rings. The number of piperidine rings is 1. The van der Waals surface area contributed by atoms with Crippen molar-refractivity contribution >= 4 is 24.1 Å². The number of hydrogen-bond acceptors (Lipinski definition) is 7. The molecular weight excluding hydrogens is 442 g/mol. The van der Waals surface area contributed by atoms with E-state index in [-0.39, 0.29) is 24.7 Å². The van der Waals surface area contributed by atoms with Gasteiger partial charge in [0.05, 0.1) is 7.11 Å². The number of alkyl carbamates (subject to hydrolysis) is 2. The minimum Gasteiger partial charge on any atom is -0.467 e. The maximum absolute atomic E-state index is 12.9. The number of ether oxygens (including phenoxy) is 3. The van der Waals surface area contributed by atoms with E-state index in [1.807, 2.05) is 27.7 Å². The van der Waals surface area contributed by atoms with Crippen LogP contribution in [0.2, 0.25) is 0 Å². The fourth-order valence-corrected chi connectivity index (χ4v) is 3.70. The summed E-state index contributed by atoms with van der Waals surface area (Å²) in [6.45, 7) is 13.7. The van der Waals surface area contributed by atoms with Gasteiger partial charge in [0.1, 0.15) is 16.7 Å². The van der Waals surface area contributed by atoms with E-state index >= 15 is 0 Å². The van der Waals surface area contributed by atoms with E-state index in [0.717, 1.165) is 12.8 Å². The number of nitrogens with one attached hydrogen (secondary N) is 2. The molecule has 0 spiro atoms. The Bertz CT molecular complexity index is 717. The molecule has 1 rings (SSSR count). The van der Waals surface area contributed by atoms with E-state index in [2.05, 4.69) is 10.6 Å². The lowest BCUT2D eigenvalue weighted by Crippen LogP contribution is -2.61. The molecule has 0 radical (unpaired) electrons. The zero-order valence-corrected chi connectivity index (χ0v) is 22.0. The third kappa shape index (κ3) is 10.2. The van der Waals surface area contributed by atoms with Crippen molar-refractivity contribution < 1.29 is 33.4 Å². The van der Waals surface area contributed by atoms with E-state index in [0.29, 0.717) is 26.1 Å². The molecule has 10 nitrogen and oxygen atoms in total. The van der Waals surface area contributed by atoms with Crippen LogP contribution in [0.5, 0.6) is 0 Å². The van der Waals surface area contributed by atoms with Crippen LogP contribution in [0.15, 0.2) is 0 Å². The summed E-state index contributed by atoms with van der Waals surface area (Å²) in [4.78, 5) is 51.1. The molecule has 3 amide bonds. The maximum Gasteiger partial charge on any atom is 0.408 e. The predicted molar refractivity (Wildman–Crippen MR) is 127 cm³/mol. The number of rotatable bonds is 8. The number of likely N-dealkylation sites (tertiary alicyclic amines) is 1. The average molecular weight is 486 g/mol. The van der Waals surface area contributed by atoms with Gasteiger partial charge in [-0.3, -0.25) is 4.79 Å². The molecule has 0 bridgehead atoms. The van der Waals surface area contributed by atoms with Crippen molar-refractivity contribution in [1.29, 1.82) is 0 Å². The maximum atomic E-state index is 12.9. The predicted octanol–water partition coefficient (Wildman–Crippen LogP) is 3.38. The smallest absolute Gasteiger partial charge is 0.408 e. The molecule has 0 aromatic rings. The molecule has 0 aromatic heterocycles. The van der Waals surface area contributed by atoms with Gasteiger partial charge in [-0.25, -0.2) is 14.4 Å². The minimum absolute atomic E-state index is 0.0100. The summed E-state index contributed by atoms with van der Waals surface area (Å²) >= 11 is 0. The van der Waals surface area contributed by atoms with Gasteiger partial charge in [0.15, 0.2) is 0 Å². The quantitative estimate of drug-likeness (QED) is 0.307. The summed E-state index contributed by atoms with van der Waals surface area (Å²) in [5.41, 5.74) is -2.45. The van der Waals surface area contributed by atoms with Gasteiger partial charge in [-0.15, -0.1) is 0 Å². The highest BCUT2D eigenvalue weighted by molar-refractivity contribution is 5.86. The topological polar surface area (TPSA) is 123 Å². The number of carbonyl (C=O) groups is 4. The molecular formula is C24H43N3O7. The van der Waals surface area contributed by atoms with E-state index in [1.54, 1.807) is 25.7 Å². The third-order valence-corrected chi connectivity index (χ3v) is 5.40. The number of esters is 1. The van der Waals surface area contributed by atoms with Gasteiger partial charge in [0.2, 0.25) is 5.91 Å². The molecule has 0 saturated carbocycles. The van der Waals surface area contributed by atoms with Crippen LogP contribution in [0.3, 0.4) is 0 Å². The van der Waals surface area contributed by atoms with Crippen LogP contribution >= 0.6 is 0 Å². The monoisotopic (exact) mass is 485 g/mol. The summed E-state index contributed by atoms with van der Waals surface area (Å²) in [7, 11) is 1.28. The van der Waals surface area contributed by atoms with Crippen LogP contribution < -0.4 is 10.6 Å². The summed E-state index contributed by atoms with van der Waals surface area (Å²) in [6.07, 6.45) is 1.56. The Morgan fingerprint density at radius 1 is 0.912 bits per heavy atom. The van der Waals surface area contributed by atoms with E-state index in [1.165, 1.54) is 7.11 Å². The lowest BCUT2D eigenvalue weighted by atomic mass is 9.86. The van der Waals surface area contributed by atoms with Gasteiger partial charge in [-0.05, 0) is 67.2 Å². The molecule has 1 heterocycles. The zero-order valence-electron chi connectivity index (χ0n) is 22.0. The van der Waals surface area contributed by atoms with Crippen molar-refractivity contribution in [1.82, 2.24) is 15.5 Å². The molecule has 34 heavy (non-hydrogen) atoms. The first-order chi connectivity index (χ1) is 15.6. The summed E-state index contributed by atoms with van der Waals surface area (Å²) in [6, 6.07) is 0. The van der Waals surface area contributed by atoms with Crippen molar-refractivity contribution in [2.75, 3.05) is 26.7 Å². The van der Waals surface area contributed by atoms with Crippen LogP contribution in [0.1, 0.15) is 80.6 Å². The second-order valence-electron chi connectivity index (χ2n) is 10.9. The molecule has 2 N–H and O–H groups in total. The van der Waals surface area contributed by atoms with Crippen LogP contribution in [-0.4, -0.2) is 72.4 Å². The number of unbranched alkanes of at least 4 members (excludes halogenated alkanes) is 1. The van der Waals surface area contributed by atoms with Gasteiger partial charge in [-0.1, -0.05) is 13.3 Å². The summed E-state index contributed by atoms with van der Waals surface area (Å²) < 4.78 is 15.4. The average Bonchev–Trinajstić information content (AvgIpc) is 2.69. The summed E-state index contributed by atoms with van der Waals surface area (Å²) in [5, 5.41) is 5.40. The number of methoxy groups -OCH3 is 1. The van der Waals surface area contributed by atoms with E-state index < -0.39 is 34.9 Å².